The molecule has 1 amide bonds. The maximum absolute atomic E-state index is 12.0. The number of carbonyl (C=O) groups excluding carboxylic acids is 2. The molecule has 1 N–H and O–H groups in total. The number of esters is 1. The van der Waals surface area contributed by atoms with E-state index in [4.69, 9.17) is 0 Å². The second-order valence-electron chi connectivity index (χ2n) is 5.54. The second kappa shape index (κ2) is 7.81. The summed E-state index contributed by atoms with van der Waals surface area (Å²) >= 11 is 0. The van der Waals surface area contributed by atoms with Gasteiger partial charge in [-0.25, -0.2) is 0 Å². The zero-order valence-corrected chi connectivity index (χ0v) is 12.5. The Morgan fingerprint density at radius 2 is 1.95 bits per heavy atom. The molecule has 4 nitrogen and oxygen atoms in total. The Hall–Kier alpha value is -1.84. The average molecular weight is 289 g/mol. The molecular formula is C17H23NO3. The number of rotatable bonds is 8. The molecule has 1 aromatic carbocycles. The third kappa shape index (κ3) is 4.88. The summed E-state index contributed by atoms with van der Waals surface area (Å²) in [6, 6.07) is 10.2. The van der Waals surface area contributed by atoms with E-state index < -0.39 is 0 Å². The minimum Gasteiger partial charge on any atom is -0.469 e. The highest BCUT2D eigenvalue weighted by atomic mass is 16.5. The minimum atomic E-state index is -0.164. The van der Waals surface area contributed by atoms with Crippen LogP contribution in [0.2, 0.25) is 0 Å². The van der Waals surface area contributed by atoms with Gasteiger partial charge in [0, 0.05) is 18.9 Å². The fourth-order valence-electron chi connectivity index (χ4n) is 2.57. The zero-order valence-electron chi connectivity index (χ0n) is 12.5. The molecule has 1 aliphatic rings. The predicted molar refractivity (Wildman–Crippen MR) is 80.8 cm³/mol. The van der Waals surface area contributed by atoms with E-state index in [1.807, 2.05) is 18.2 Å². The van der Waals surface area contributed by atoms with Crippen LogP contribution in [0.1, 0.15) is 43.6 Å². The molecule has 0 saturated heterocycles. The van der Waals surface area contributed by atoms with Gasteiger partial charge in [-0.15, -0.1) is 0 Å². The van der Waals surface area contributed by atoms with Crippen LogP contribution in [-0.4, -0.2) is 25.5 Å². The minimum absolute atomic E-state index is 0.141. The number of hydrogen-bond acceptors (Lipinski definition) is 3. The summed E-state index contributed by atoms with van der Waals surface area (Å²) in [5.41, 5.74) is 1.26. The highest BCUT2D eigenvalue weighted by Gasteiger charge is 2.43. The van der Waals surface area contributed by atoms with E-state index >= 15 is 0 Å². The zero-order chi connectivity index (χ0) is 15.1. The van der Waals surface area contributed by atoms with Crippen LogP contribution < -0.4 is 5.32 Å². The van der Waals surface area contributed by atoms with Crippen LogP contribution in [0.4, 0.5) is 0 Å². The largest absolute Gasteiger partial charge is 0.469 e. The summed E-state index contributed by atoms with van der Waals surface area (Å²) in [4.78, 5) is 22.9. The highest BCUT2D eigenvalue weighted by molar-refractivity contribution is 5.82. The van der Waals surface area contributed by atoms with E-state index in [2.05, 4.69) is 22.2 Å². The lowest BCUT2D eigenvalue weighted by molar-refractivity contribution is -0.140. The van der Waals surface area contributed by atoms with Gasteiger partial charge in [-0.2, -0.15) is 0 Å². The summed E-state index contributed by atoms with van der Waals surface area (Å²) < 4.78 is 4.58. The average Bonchev–Trinajstić information content (AvgIpc) is 3.31. The maximum Gasteiger partial charge on any atom is 0.305 e. The summed E-state index contributed by atoms with van der Waals surface area (Å²) in [7, 11) is 1.40. The molecule has 0 spiro atoms. The van der Waals surface area contributed by atoms with Gasteiger partial charge in [0.2, 0.25) is 5.91 Å². The Kier molecular flexibility index (Phi) is 5.78. The number of benzene rings is 1. The van der Waals surface area contributed by atoms with Crippen molar-refractivity contribution in [3.63, 3.8) is 0 Å². The molecule has 0 aliphatic heterocycles. The molecule has 2 rings (SSSR count). The summed E-state index contributed by atoms with van der Waals surface area (Å²) in [6.07, 6.45) is 4.08. The highest BCUT2D eigenvalue weighted by Crippen LogP contribution is 2.47. The SMILES string of the molecule is COC(=O)CCCCCNC(=O)C1CC1c1ccccc1. The van der Waals surface area contributed by atoms with Crippen LogP contribution in [0.5, 0.6) is 0 Å². The lowest BCUT2D eigenvalue weighted by Crippen LogP contribution is -2.26. The molecule has 0 bridgehead atoms. The number of ether oxygens (including phenoxy) is 1. The van der Waals surface area contributed by atoms with Gasteiger partial charge in [-0.05, 0) is 30.7 Å². The second-order valence-corrected chi connectivity index (χ2v) is 5.54. The van der Waals surface area contributed by atoms with Crippen LogP contribution in [0.25, 0.3) is 0 Å². The number of nitrogens with one attached hydrogen (secondary N) is 1. The van der Waals surface area contributed by atoms with Crippen molar-refractivity contribution < 1.29 is 14.3 Å². The van der Waals surface area contributed by atoms with Crippen LogP contribution >= 0.6 is 0 Å². The van der Waals surface area contributed by atoms with Gasteiger partial charge in [0.25, 0.3) is 0 Å². The van der Waals surface area contributed by atoms with Gasteiger partial charge in [-0.3, -0.25) is 9.59 Å². The Morgan fingerprint density at radius 1 is 1.19 bits per heavy atom. The smallest absolute Gasteiger partial charge is 0.305 e. The molecule has 21 heavy (non-hydrogen) atoms. The van der Waals surface area contributed by atoms with Crippen LogP contribution in [0.3, 0.4) is 0 Å². The molecule has 1 aromatic rings. The summed E-state index contributed by atoms with van der Waals surface area (Å²) in [6.45, 7) is 0.692. The van der Waals surface area contributed by atoms with Crippen molar-refractivity contribution in [2.75, 3.05) is 13.7 Å². The Bertz CT molecular complexity index is 472. The molecule has 4 heteroatoms. The fraction of sp³-hybridized carbons (Fsp3) is 0.529. The van der Waals surface area contributed by atoms with Crippen LogP contribution in [0, 0.1) is 5.92 Å². The third-order valence-electron chi connectivity index (χ3n) is 3.94. The number of unbranched alkanes of at least 4 members (excludes halogenated alkanes) is 2. The number of carbonyl (C=O) groups is 2. The Morgan fingerprint density at radius 3 is 2.67 bits per heavy atom. The van der Waals surface area contributed by atoms with Crippen molar-refractivity contribution in [1.82, 2.24) is 5.32 Å². The predicted octanol–water partition coefficient (Wildman–Crippen LogP) is 2.64. The van der Waals surface area contributed by atoms with E-state index in [1.54, 1.807) is 0 Å². The summed E-state index contributed by atoms with van der Waals surface area (Å²) in [5.74, 6) is 0.535. The monoisotopic (exact) mass is 289 g/mol. The van der Waals surface area contributed by atoms with E-state index in [0.29, 0.717) is 18.9 Å². The molecular weight excluding hydrogens is 266 g/mol. The molecule has 0 radical (unpaired) electrons. The van der Waals surface area contributed by atoms with Gasteiger partial charge in [0.1, 0.15) is 0 Å². The van der Waals surface area contributed by atoms with Crippen molar-refractivity contribution in [3.05, 3.63) is 35.9 Å². The molecule has 114 valence electrons. The first-order valence-corrected chi connectivity index (χ1v) is 7.62. The maximum atomic E-state index is 12.0. The molecule has 0 aromatic heterocycles. The molecule has 2 unspecified atom stereocenters. The Labute approximate surface area is 125 Å². The van der Waals surface area contributed by atoms with Gasteiger partial charge < -0.3 is 10.1 Å². The van der Waals surface area contributed by atoms with Crippen LogP contribution in [0.15, 0.2) is 30.3 Å². The lowest BCUT2D eigenvalue weighted by Gasteiger charge is -2.05. The van der Waals surface area contributed by atoms with Crippen molar-refractivity contribution in [1.29, 1.82) is 0 Å². The number of hydrogen-bond donors (Lipinski definition) is 1. The van der Waals surface area contributed by atoms with E-state index in [0.717, 1.165) is 25.7 Å². The van der Waals surface area contributed by atoms with Gasteiger partial charge in [-0.1, -0.05) is 36.8 Å². The fourth-order valence-corrected chi connectivity index (χ4v) is 2.57. The van der Waals surface area contributed by atoms with E-state index in [1.165, 1.54) is 12.7 Å². The van der Waals surface area contributed by atoms with E-state index in [-0.39, 0.29) is 17.8 Å². The van der Waals surface area contributed by atoms with E-state index in [9.17, 15) is 9.59 Å². The van der Waals surface area contributed by atoms with Gasteiger partial charge >= 0.3 is 5.97 Å². The quantitative estimate of drug-likeness (QED) is 0.591. The normalized spacial score (nSPS) is 19.9. The topological polar surface area (TPSA) is 55.4 Å². The van der Waals surface area contributed by atoms with Crippen LogP contribution in [-0.2, 0) is 14.3 Å². The molecule has 1 aliphatic carbocycles. The molecule has 2 atom stereocenters. The summed E-state index contributed by atoms with van der Waals surface area (Å²) in [5, 5.41) is 2.99. The van der Waals surface area contributed by atoms with Gasteiger partial charge in [0.15, 0.2) is 0 Å². The third-order valence-corrected chi connectivity index (χ3v) is 3.94. The van der Waals surface area contributed by atoms with Crippen molar-refractivity contribution in [2.24, 2.45) is 5.92 Å². The molecule has 1 fully saturated rings. The lowest BCUT2D eigenvalue weighted by atomic mass is 10.1. The standard InChI is InChI=1S/C17H23NO3/c1-21-16(19)10-6-3-7-11-18-17(20)15-12-14(15)13-8-4-2-5-9-13/h2,4-5,8-9,14-15H,3,6-7,10-12H2,1H3,(H,18,20). The van der Waals surface area contributed by atoms with Gasteiger partial charge in [0.05, 0.1) is 7.11 Å². The number of amides is 1. The molecule has 0 heterocycles. The van der Waals surface area contributed by atoms with Crippen molar-refractivity contribution >= 4 is 11.9 Å². The first-order valence-electron chi connectivity index (χ1n) is 7.62. The first-order chi connectivity index (χ1) is 10.2. The number of methoxy groups -OCH3 is 1. The first kappa shape index (κ1) is 15.5. The van der Waals surface area contributed by atoms with Crippen molar-refractivity contribution in [2.45, 2.75) is 38.0 Å². The van der Waals surface area contributed by atoms with Crippen molar-refractivity contribution in [3.8, 4) is 0 Å². The molecule has 1 saturated carbocycles. The Balaban J connectivity index is 1.56.